The second-order valence-electron chi connectivity index (χ2n) is 6.08. The van der Waals surface area contributed by atoms with Crippen LogP contribution in [0.15, 0.2) is 42.5 Å². The van der Waals surface area contributed by atoms with Crippen molar-refractivity contribution in [1.82, 2.24) is 0 Å². The molecule has 29 heavy (non-hydrogen) atoms. The van der Waals surface area contributed by atoms with Crippen molar-refractivity contribution in [2.75, 3.05) is 19.5 Å². The first-order chi connectivity index (χ1) is 13.8. The zero-order valence-corrected chi connectivity index (χ0v) is 16.3. The lowest BCUT2D eigenvalue weighted by molar-refractivity contribution is -0.383. The number of methoxy groups -OCH3 is 2. The van der Waals surface area contributed by atoms with Crippen LogP contribution in [0.2, 0.25) is 0 Å². The highest BCUT2D eigenvalue weighted by atomic mass is 16.6. The van der Waals surface area contributed by atoms with E-state index >= 15 is 0 Å². The van der Waals surface area contributed by atoms with E-state index in [2.05, 4.69) is 5.32 Å². The van der Waals surface area contributed by atoms with Crippen LogP contribution in [0.25, 0.3) is 0 Å². The molecular weight excluding hydrogens is 380 g/mol. The number of carbonyl (C=O) groups excluding carboxylic acids is 2. The number of nitro groups is 1. The topological polar surface area (TPSA) is 117 Å². The van der Waals surface area contributed by atoms with Crippen LogP contribution in [0.1, 0.15) is 18.9 Å². The Morgan fingerprint density at radius 1 is 1.10 bits per heavy atom. The fourth-order valence-electron chi connectivity index (χ4n) is 2.57. The molecule has 0 aromatic heterocycles. The highest BCUT2D eigenvalue weighted by molar-refractivity contribution is 5.96. The van der Waals surface area contributed by atoms with Gasteiger partial charge in [-0.2, -0.15) is 0 Å². The predicted octanol–water partition coefficient (Wildman–Crippen LogP) is 3.12. The van der Waals surface area contributed by atoms with Crippen molar-refractivity contribution >= 4 is 23.3 Å². The minimum Gasteiger partial charge on any atom is -0.493 e. The van der Waals surface area contributed by atoms with E-state index in [1.807, 2.05) is 0 Å². The third kappa shape index (κ3) is 5.93. The van der Waals surface area contributed by atoms with Gasteiger partial charge < -0.3 is 19.5 Å². The van der Waals surface area contributed by atoms with Crippen LogP contribution in [0.5, 0.6) is 11.5 Å². The lowest BCUT2D eigenvalue weighted by Crippen LogP contribution is -2.30. The summed E-state index contributed by atoms with van der Waals surface area (Å²) in [7, 11) is 3.05. The standard InChI is InChI=1S/C20H22N2O7/c1-13(20(24)21-15-6-4-5-7-16(15)22(25)26)29-19(23)11-9-14-8-10-17(27-2)18(12-14)28-3/h4-8,10,12-13H,9,11H2,1-3H3,(H,21,24)/t13-/m1/s1. The normalized spacial score (nSPS) is 11.3. The number of hydrogen-bond donors (Lipinski definition) is 1. The summed E-state index contributed by atoms with van der Waals surface area (Å²) >= 11 is 0. The summed E-state index contributed by atoms with van der Waals surface area (Å²) in [5.41, 5.74) is 0.639. The summed E-state index contributed by atoms with van der Waals surface area (Å²) < 4.78 is 15.5. The Balaban J connectivity index is 1.90. The number of carbonyl (C=O) groups is 2. The van der Waals surface area contributed by atoms with Crippen molar-refractivity contribution in [3.05, 3.63) is 58.1 Å². The number of nitrogens with zero attached hydrogens (tertiary/aromatic N) is 1. The number of nitro benzene ring substituents is 1. The van der Waals surface area contributed by atoms with Crippen LogP contribution < -0.4 is 14.8 Å². The van der Waals surface area contributed by atoms with Gasteiger partial charge in [0.25, 0.3) is 11.6 Å². The van der Waals surface area contributed by atoms with Gasteiger partial charge in [-0.15, -0.1) is 0 Å². The molecule has 0 radical (unpaired) electrons. The summed E-state index contributed by atoms with van der Waals surface area (Å²) in [6.45, 7) is 1.40. The van der Waals surface area contributed by atoms with E-state index in [-0.39, 0.29) is 17.8 Å². The molecule has 2 rings (SSSR count). The molecule has 0 aliphatic heterocycles. The van der Waals surface area contributed by atoms with Crippen molar-refractivity contribution in [3.8, 4) is 11.5 Å². The van der Waals surface area contributed by atoms with E-state index in [4.69, 9.17) is 14.2 Å². The van der Waals surface area contributed by atoms with Gasteiger partial charge in [-0.05, 0) is 37.1 Å². The molecule has 0 unspecified atom stereocenters. The zero-order chi connectivity index (χ0) is 21.4. The maximum Gasteiger partial charge on any atom is 0.306 e. The van der Waals surface area contributed by atoms with Crippen LogP contribution >= 0.6 is 0 Å². The average molecular weight is 402 g/mol. The third-order valence-electron chi connectivity index (χ3n) is 4.10. The Morgan fingerprint density at radius 2 is 1.79 bits per heavy atom. The van der Waals surface area contributed by atoms with Crippen molar-refractivity contribution in [1.29, 1.82) is 0 Å². The zero-order valence-electron chi connectivity index (χ0n) is 16.3. The number of para-hydroxylation sites is 2. The number of anilines is 1. The molecule has 154 valence electrons. The monoisotopic (exact) mass is 402 g/mol. The average Bonchev–Trinajstić information content (AvgIpc) is 2.72. The maximum atomic E-state index is 12.2. The number of nitrogens with one attached hydrogen (secondary N) is 1. The molecule has 9 nitrogen and oxygen atoms in total. The summed E-state index contributed by atoms with van der Waals surface area (Å²) in [5, 5.41) is 13.4. The summed E-state index contributed by atoms with van der Waals surface area (Å²) in [6, 6.07) is 11.0. The molecule has 9 heteroatoms. The van der Waals surface area contributed by atoms with Gasteiger partial charge in [-0.1, -0.05) is 18.2 Å². The molecule has 2 aromatic rings. The Morgan fingerprint density at radius 3 is 2.45 bits per heavy atom. The molecule has 0 spiro atoms. The molecule has 0 saturated carbocycles. The Labute approximate surface area is 167 Å². The SMILES string of the molecule is COc1ccc(CCC(=O)O[C@H](C)C(=O)Nc2ccccc2[N+](=O)[O-])cc1OC. The lowest BCUT2D eigenvalue weighted by atomic mass is 10.1. The van der Waals surface area contributed by atoms with Crippen molar-refractivity contribution in [2.45, 2.75) is 25.9 Å². The van der Waals surface area contributed by atoms with Gasteiger partial charge in [0.1, 0.15) is 5.69 Å². The van der Waals surface area contributed by atoms with Crippen LogP contribution in [0.4, 0.5) is 11.4 Å². The van der Waals surface area contributed by atoms with Crippen molar-refractivity contribution in [3.63, 3.8) is 0 Å². The van der Waals surface area contributed by atoms with Gasteiger partial charge >= 0.3 is 5.97 Å². The molecule has 0 aliphatic rings. The summed E-state index contributed by atoms with van der Waals surface area (Å²) in [4.78, 5) is 34.7. The number of aryl methyl sites for hydroxylation is 1. The van der Waals surface area contributed by atoms with Gasteiger partial charge in [0.2, 0.25) is 0 Å². The highest BCUT2D eigenvalue weighted by Crippen LogP contribution is 2.28. The smallest absolute Gasteiger partial charge is 0.306 e. The fourth-order valence-corrected chi connectivity index (χ4v) is 2.57. The number of hydrogen-bond acceptors (Lipinski definition) is 7. The molecule has 1 amide bonds. The maximum absolute atomic E-state index is 12.2. The van der Waals surface area contributed by atoms with Crippen molar-refractivity contribution in [2.24, 2.45) is 0 Å². The number of esters is 1. The van der Waals surface area contributed by atoms with Crippen LogP contribution in [0.3, 0.4) is 0 Å². The first-order valence-corrected chi connectivity index (χ1v) is 8.80. The van der Waals surface area contributed by atoms with Gasteiger partial charge in [0.05, 0.1) is 19.1 Å². The largest absolute Gasteiger partial charge is 0.493 e. The first-order valence-electron chi connectivity index (χ1n) is 8.80. The second-order valence-corrected chi connectivity index (χ2v) is 6.08. The molecule has 0 saturated heterocycles. The highest BCUT2D eigenvalue weighted by Gasteiger charge is 2.21. The van der Waals surface area contributed by atoms with Gasteiger partial charge in [0.15, 0.2) is 17.6 Å². The number of benzene rings is 2. The van der Waals surface area contributed by atoms with Crippen LogP contribution in [-0.4, -0.2) is 37.1 Å². The first kappa shape index (κ1) is 21.7. The Bertz CT molecular complexity index is 898. The molecule has 0 aliphatic carbocycles. The van der Waals surface area contributed by atoms with E-state index in [1.54, 1.807) is 24.3 Å². The Kier molecular flexibility index (Phi) is 7.53. The molecule has 0 bridgehead atoms. The molecule has 1 N–H and O–H groups in total. The second kappa shape index (κ2) is 10.1. The summed E-state index contributed by atoms with van der Waals surface area (Å²) in [6.07, 6.45) is -0.663. The quantitative estimate of drug-likeness (QED) is 0.389. The van der Waals surface area contributed by atoms with E-state index in [1.165, 1.54) is 39.3 Å². The van der Waals surface area contributed by atoms with Gasteiger partial charge in [-0.3, -0.25) is 19.7 Å². The van der Waals surface area contributed by atoms with E-state index < -0.39 is 22.9 Å². The minimum atomic E-state index is -1.10. The number of amides is 1. The van der Waals surface area contributed by atoms with Gasteiger partial charge in [0, 0.05) is 12.5 Å². The minimum absolute atomic E-state index is 0.0377. The van der Waals surface area contributed by atoms with Crippen molar-refractivity contribution < 1.29 is 28.7 Å². The van der Waals surface area contributed by atoms with E-state index in [0.29, 0.717) is 17.9 Å². The van der Waals surface area contributed by atoms with Crippen LogP contribution in [-0.2, 0) is 20.7 Å². The molecule has 0 fully saturated rings. The van der Waals surface area contributed by atoms with E-state index in [0.717, 1.165) is 5.56 Å². The predicted molar refractivity (Wildman–Crippen MR) is 105 cm³/mol. The molecule has 2 aromatic carbocycles. The fraction of sp³-hybridized carbons (Fsp3) is 0.300. The Hall–Kier alpha value is -3.62. The van der Waals surface area contributed by atoms with Crippen LogP contribution in [0, 0.1) is 10.1 Å². The molecule has 1 atom stereocenters. The number of ether oxygens (including phenoxy) is 3. The molecule has 0 heterocycles. The van der Waals surface area contributed by atoms with E-state index in [9.17, 15) is 19.7 Å². The lowest BCUT2D eigenvalue weighted by Gasteiger charge is -2.14. The summed E-state index contributed by atoms with van der Waals surface area (Å²) in [5.74, 6) is -0.0848. The number of rotatable bonds is 9. The van der Waals surface area contributed by atoms with Gasteiger partial charge in [-0.25, -0.2) is 0 Å². The third-order valence-corrected chi connectivity index (χ3v) is 4.10. The molecular formula is C20H22N2O7.